The molecule has 24 heavy (non-hydrogen) atoms. The first kappa shape index (κ1) is 16.0. The first-order valence-electron chi connectivity index (χ1n) is 7.35. The molecule has 0 aliphatic heterocycles. The fraction of sp³-hybridized carbons (Fsp3) is 0.0556. The third kappa shape index (κ3) is 3.09. The molecule has 2 aromatic carbocycles. The third-order valence-electron chi connectivity index (χ3n) is 3.69. The van der Waals surface area contributed by atoms with E-state index in [0.717, 1.165) is 10.3 Å². The molecule has 1 N–H and O–H groups in total. The molecule has 0 radical (unpaired) electrons. The van der Waals surface area contributed by atoms with Crippen molar-refractivity contribution in [1.82, 2.24) is 0 Å². The molecule has 0 atom stereocenters. The predicted molar refractivity (Wildman–Crippen MR) is 92.8 cm³/mol. The van der Waals surface area contributed by atoms with E-state index in [1.165, 1.54) is 12.1 Å². The molecule has 0 spiro atoms. The number of benzene rings is 2. The molecule has 5 nitrogen and oxygen atoms in total. The molecule has 0 saturated carbocycles. The highest BCUT2D eigenvalue weighted by atomic mass is 32.2. The zero-order chi connectivity index (χ0) is 17.2. The van der Waals surface area contributed by atoms with Crippen LogP contribution in [0.5, 0.6) is 0 Å². The Kier molecular flexibility index (Phi) is 4.22. The maximum Gasteiger partial charge on any atom is 0.262 e. The Labute approximate surface area is 140 Å². The quantitative estimate of drug-likeness (QED) is 0.586. The van der Waals surface area contributed by atoms with Gasteiger partial charge in [-0.3, -0.25) is 4.72 Å². The number of hydrogen-bond acceptors (Lipinski definition) is 3. The Bertz CT molecular complexity index is 956. The van der Waals surface area contributed by atoms with Crippen LogP contribution >= 0.6 is 0 Å². The summed E-state index contributed by atoms with van der Waals surface area (Å²) in [6, 6.07) is 20.5. The first-order chi connectivity index (χ1) is 11.5. The van der Waals surface area contributed by atoms with E-state index in [1.807, 2.05) is 30.3 Å². The zero-order valence-electron chi connectivity index (χ0n) is 13.0. The molecular formula is C18H16N2O3S. The van der Waals surface area contributed by atoms with Gasteiger partial charge in [0.05, 0.1) is 4.90 Å². The summed E-state index contributed by atoms with van der Waals surface area (Å²) >= 11 is 0. The van der Waals surface area contributed by atoms with E-state index < -0.39 is 10.0 Å². The van der Waals surface area contributed by atoms with Crippen LogP contribution in [-0.2, 0) is 10.0 Å². The van der Waals surface area contributed by atoms with E-state index in [2.05, 4.69) is 4.72 Å². The Morgan fingerprint density at radius 1 is 0.875 bits per heavy atom. The molecule has 3 aromatic rings. The molecule has 0 saturated heterocycles. The number of aromatic nitrogens is 1. The van der Waals surface area contributed by atoms with Crippen molar-refractivity contribution in [3.8, 4) is 11.3 Å². The molecule has 0 unspecified atom stereocenters. The van der Waals surface area contributed by atoms with Gasteiger partial charge in [-0.25, -0.2) is 8.42 Å². The van der Waals surface area contributed by atoms with Gasteiger partial charge in [0.2, 0.25) is 11.4 Å². The number of nitrogens with zero attached hydrogens (tertiary/aromatic N) is 1. The molecule has 0 amide bonds. The lowest BCUT2D eigenvalue weighted by molar-refractivity contribution is -0.599. The summed E-state index contributed by atoms with van der Waals surface area (Å²) in [5, 5.41) is 12.5. The third-order valence-corrected chi connectivity index (χ3v) is 5.07. The smallest absolute Gasteiger partial charge is 0.262 e. The second kappa shape index (κ2) is 6.33. The van der Waals surface area contributed by atoms with E-state index in [9.17, 15) is 13.6 Å². The Balaban J connectivity index is 1.98. The van der Waals surface area contributed by atoms with Crippen molar-refractivity contribution in [2.75, 3.05) is 4.72 Å². The Hall–Kier alpha value is -2.86. The van der Waals surface area contributed by atoms with Crippen molar-refractivity contribution < 1.29 is 13.1 Å². The summed E-state index contributed by atoms with van der Waals surface area (Å²) < 4.78 is 28.0. The largest absolute Gasteiger partial charge is 0.618 e. The number of nitrogens with one attached hydrogen (secondary N) is 1. The van der Waals surface area contributed by atoms with Crippen LogP contribution in [0.1, 0.15) is 5.69 Å². The van der Waals surface area contributed by atoms with Crippen LogP contribution in [0.3, 0.4) is 0 Å². The van der Waals surface area contributed by atoms with Gasteiger partial charge in [0.15, 0.2) is 0 Å². The maximum absolute atomic E-state index is 12.5. The lowest BCUT2D eigenvalue weighted by Gasteiger charge is -2.13. The van der Waals surface area contributed by atoms with Crippen LogP contribution in [0.2, 0.25) is 0 Å². The molecule has 0 aliphatic rings. The van der Waals surface area contributed by atoms with Crippen LogP contribution in [-0.4, -0.2) is 8.42 Å². The topological polar surface area (TPSA) is 73.1 Å². The predicted octanol–water partition coefficient (Wildman–Crippen LogP) is 3.10. The van der Waals surface area contributed by atoms with Gasteiger partial charge in [-0.15, -0.1) is 0 Å². The molecule has 0 fully saturated rings. The number of hydrogen-bond donors (Lipinski definition) is 1. The Morgan fingerprint density at radius 3 is 2.08 bits per heavy atom. The average molecular weight is 340 g/mol. The highest BCUT2D eigenvalue weighted by molar-refractivity contribution is 7.92. The van der Waals surface area contributed by atoms with Gasteiger partial charge < -0.3 is 5.21 Å². The van der Waals surface area contributed by atoms with Gasteiger partial charge in [0, 0.05) is 18.6 Å². The Morgan fingerprint density at radius 2 is 1.46 bits per heavy atom. The second-order valence-corrected chi connectivity index (χ2v) is 6.98. The SMILES string of the molecule is Cc1c(NS(=O)(=O)c2ccccc2)ccc(-c2ccccc2)[n+]1[O-]. The van der Waals surface area contributed by atoms with Gasteiger partial charge >= 0.3 is 0 Å². The van der Waals surface area contributed by atoms with Crippen molar-refractivity contribution in [3.05, 3.63) is 83.7 Å². The lowest BCUT2D eigenvalue weighted by Crippen LogP contribution is -2.34. The maximum atomic E-state index is 12.5. The zero-order valence-corrected chi connectivity index (χ0v) is 13.8. The fourth-order valence-corrected chi connectivity index (χ4v) is 3.51. The summed E-state index contributed by atoms with van der Waals surface area (Å²) in [6.07, 6.45) is 0. The van der Waals surface area contributed by atoms with Crippen LogP contribution in [0.4, 0.5) is 5.69 Å². The lowest BCUT2D eigenvalue weighted by atomic mass is 10.1. The van der Waals surface area contributed by atoms with Gasteiger partial charge in [-0.1, -0.05) is 36.4 Å². The highest BCUT2D eigenvalue weighted by Crippen LogP contribution is 2.22. The van der Waals surface area contributed by atoms with E-state index in [-0.39, 0.29) is 16.3 Å². The molecule has 122 valence electrons. The number of sulfonamides is 1. The van der Waals surface area contributed by atoms with Gasteiger partial charge in [0.1, 0.15) is 5.69 Å². The van der Waals surface area contributed by atoms with Gasteiger partial charge in [-0.2, -0.15) is 4.73 Å². The van der Waals surface area contributed by atoms with E-state index in [4.69, 9.17) is 0 Å². The average Bonchev–Trinajstić information content (AvgIpc) is 2.61. The summed E-state index contributed by atoms with van der Waals surface area (Å²) in [5.74, 6) is 0. The van der Waals surface area contributed by atoms with E-state index in [0.29, 0.717) is 5.69 Å². The van der Waals surface area contributed by atoms with Crippen molar-refractivity contribution >= 4 is 15.7 Å². The number of rotatable bonds is 4. The normalized spacial score (nSPS) is 11.2. The fourth-order valence-electron chi connectivity index (χ4n) is 2.37. The summed E-state index contributed by atoms with van der Waals surface area (Å²) in [4.78, 5) is 0.147. The van der Waals surface area contributed by atoms with Crippen molar-refractivity contribution in [1.29, 1.82) is 0 Å². The van der Waals surface area contributed by atoms with Crippen LogP contribution in [0.15, 0.2) is 77.7 Å². The first-order valence-corrected chi connectivity index (χ1v) is 8.84. The number of pyridine rings is 1. The molecule has 1 heterocycles. The monoisotopic (exact) mass is 340 g/mol. The van der Waals surface area contributed by atoms with Crippen LogP contribution in [0.25, 0.3) is 11.3 Å². The van der Waals surface area contributed by atoms with Gasteiger partial charge in [0.25, 0.3) is 10.0 Å². The van der Waals surface area contributed by atoms with Crippen LogP contribution in [0, 0.1) is 12.1 Å². The molecular weight excluding hydrogens is 324 g/mol. The highest BCUT2D eigenvalue weighted by Gasteiger charge is 2.20. The summed E-state index contributed by atoms with van der Waals surface area (Å²) in [5.41, 5.74) is 1.79. The van der Waals surface area contributed by atoms with E-state index in [1.54, 1.807) is 37.3 Å². The van der Waals surface area contributed by atoms with Crippen molar-refractivity contribution in [2.24, 2.45) is 0 Å². The molecule has 6 heteroatoms. The molecule has 3 rings (SSSR count). The minimum atomic E-state index is -3.73. The molecule has 1 aromatic heterocycles. The van der Waals surface area contributed by atoms with Gasteiger partial charge in [-0.05, 0) is 30.3 Å². The number of anilines is 1. The minimum absolute atomic E-state index is 0.147. The summed E-state index contributed by atoms with van der Waals surface area (Å²) in [6.45, 7) is 1.59. The molecule has 0 bridgehead atoms. The van der Waals surface area contributed by atoms with E-state index >= 15 is 0 Å². The van der Waals surface area contributed by atoms with Crippen LogP contribution < -0.4 is 9.45 Å². The standard InChI is InChI=1S/C18H16N2O3S/c1-14-17(19-24(22,23)16-10-6-3-7-11-16)12-13-18(20(14)21)15-8-4-2-5-9-15/h2-13,19H,1H3. The molecule has 0 aliphatic carbocycles. The van der Waals surface area contributed by atoms with Crippen molar-refractivity contribution in [3.63, 3.8) is 0 Å². The van der Waals surface area contributed by atoms with Crippen molar-refractivity contribution in [2.45, 2.75) is 11.8 Å². The minimum Gasteiger partial charge on any atom is -0.618 e. The summed E-state index contributed by atoms with van der Waals surface area (Å²) in [7, 11) is -3.73. The second-order valence-electron chi connectivity index (χ2n) is 5.30.